The van der Waals surface area contributed by atoms with E-state index in [9.17, 15) is 9.36 Å². The zero-order valence-electron chi connectivity index (χ0n) is 23.7. The molecule has 0 saturated carbocycles. The smallest absolute Gasteiger partial charge is 0.459 e. The fraction of sp³-hybridized carbons (Fsp3) is 0.538. The van der Waals surface area contributed by atoms with Crippen molar-refractivity contribution in [2.45, 2.75) is 71.7 Å². The number of esters is 1. The highest BCUT2D eigenvalue weighted by atomic mass is 31.2. The standard InChI is InChI=1S/C26H37FN7O6P/c1-6-12-29-21-20-22(32-25(28)31-21)34(15-30-20)23-17(4)13-26(27,39-23)14-37-41(36,40-19-10-8-7-9-11-19)33-18(5)24(35)38-16(2)3/h7-11,15-18,23H,6,12-14H2,1-5H3,(H,33,36)(H3,28,29,31,32)/t17-,18-,23+,26-,41+/m0/s1. The normalized spacial score (nSPS) is 22.9. The number of ether oxygens (including phenoxy) is 2. The van der Waals surface area contributed by atoms with E-state index in [1.807, 2.05) is 6.92 Å². The number of nitrogens with two attached hydrogens (primary N) is 1. The minimum Gasteiger partial charge on any atom is -0.462 e. The first-order chi connectivity index (χ1) is 19.4. The van der Waals surface area contributed by atoms with Gasteiger partial charge in [0.15, 0.2) is 17.0 Å². The topological polar surface area (TPSA) is 165 Å². The van der Waals surface area contributed by atoms with Gasteiger partial charge >= 0.3 is 13.7 Å². The van der Waals surface area contributed by atoms with Gasteiger partial charge in [-0.1, -0.05) is 32.0 Å². The summed E-state index contributed by atoms with van der Waals surface area (Å²) in [6.07, 6.45) is 1.07. The van der Waals surface area contributed by atoms with Crippen LogP contribution in [0.3, 0.4) is 0 Å². The molecule has 1 fully saturated rings. The average molecular weight is 594 g/mol. The number of rotatable bonds is 13. The Balaban J connectivity index is 1.53. The Kier molecular flexibility index (Phi) is 9.48. The predicted molar refractivity (Wildman–Crippen MR) is 151 cm³/mol. The van der Waals surface area contributed by atoms with Crippen molar-refractivity contribution in [1.29, 1.82) is 0 Å². The number of hydrogen-bond donors (Lipinski definition) is 3. The number of imidazole rings is 1. The Bertz CT molecular complexity index is 1390. The zero-order chi connectivity index (χ0) is 29.8. The summed E-state index contributed by atoms with van der Waals surface area (Å²) in [7, 11) is -4.29. The molecule has 0 amide bonds. The number of para-hydroxylation sites is 1. The van der Waals surface area contributed by atoms with Crippen LogP contribution < -0.4 is 20.7 Å². The molecular formula is C26H37FN7O6P. The van der Waals surface area contributed by atoms with Crippen LogP contribution in [0.4, 0.5) is 16.2 Å². The zero-order valence-corrected chi connectivity index (χ0v) is 24.6. The van der Waals surface area contributed by atoms with Crippen molar-refractivity contribution in [2.24, 2.45) is 5.92 Å². The fourth-order valence-electron chi connectivity index (χ4n) is 4.39. The summed E-state index contributed by atoms with van der Waals surface area (Å²) in [6.45, 7) is 8.57. The van der Waals surface area contributed by atoms with Crippen LogP contribution in [-0.4, -0.2) is 56.6 Å². The molecule has 224 valence electrons. The molecule has 15 heteroatoms. The third-order valence-electron chi connectivity index (χ3n) is 6.18. The number of anilines is 2. The molecule has 0 unspecified atom stereocenters. The van der Waals surface area contributed by atoms with Crippen LogP contribution in [0, 0.1) is 5.92 Å². The van der Waals surface area contributed by atoms with Crippen molar-refractivity contribution in [2.75, 3.05) is 24.2 Å². The Labute approximate surface area is 237 Å². The molecular weight excluding hydrogens is 556 g/mol. The lowest BCUT2D eigenvalue weighted by atomic mass is 10.1. The van der Waals surface area contributed by atoms with E-state index in [0.29, 0.717) is 23.5 Å². The minimum atomic E-state index is -4.29. The molecule has 5 atom stereocenters. The summed E-state index contributed by atoms with van der Waals surface area (Å²) in [4.78, 5) is 25.3. The summed E-state index contributed by atoms with van der Waals surface area (Å²) >= 11 is 0. The van der Waals surface area contributed by atoms with E-state index in [0.717, 1.165) is 6.42 Å². The van der Waals surface area contributed by atoms with Gasteiger partial charge in [-0.15, -0.1) is 0 Å². The molecule has 0 bridgehead atoms. The quantitative estimate of drug-likeness (QED) is 0.187. The number of nitrogens with one attached hydrogen (secondary N) is 2. The number of alkyl halides is 1. The van der Waals surface area contributed by atoms with Gasteiger partial charge < -0.3 is 25.0 Å². The van der Waals surface area contributed by atoms with Gasteiger partial charge in [-0.05, 0) is 39.3 Å². The van der Waals surface area contributed by atoms with Crippen LogP contribution >= 0.6 is 7.75 Å². The molecule has 3 aromatic rings. The van der Waals surface area contributed by atoms with Gasteiger partial charge in [0.2, 0.25) is 11.8 Å². The lowest BCUT2D eigenvalue weighted by molar-refractivity contribution is -0.173. The monoisotopic (exact) mass is 593 g/mol. The minimum absolute atomic E-state index is 0.0357. The van der Waals surface area contributed by atoms with Crippen LogP contribution in [0.5, 0.6) is 5.75 Å². The van der Waals surface area contributed by atoms with E-state index < -0.39 is 38.4 Å². The van der Waals surface area contributed by atoms with Crippen molar-refractivity contribution in [3.8, 4) is 5.75 Å². The lowest BCUT2D eigenvalue weighted by Crippen LogP contribution is -2.37. The number of nitrogen functional groups attached to an aromatic ring is 1. The third-order valence-corrected chi connectivity index (χ3v) is 7.80. The van der Waals surface area contributed by atoms with Crippen LogP contribution in [0.2, 0.25) is 0 Å². The number of aromatic nitrogens is 4. The molecule has 1 saturated heterocycles. The Hall–Kier alpha value is -3.32. The number of nitrogens with zero attached hydrogens (tertiary/aromatic N) is 4. The second kappa shape index (κ2) is 12.7. The molecule has 1 aromatic carbocycles. The van der Waals surface area contributed by atoms with E-state index in [-0.39, 0.29) is 30.1 Å². The van der Waals surface area contributed by atoms with E-state index in [1.165, 1.54) is 13.3 Å². The molecule has 1 aliphatic rings. The first-order valence-electron chi connectivity index (χ1n) is 13.5. The van der Waals surface area contributed by atoms with Crippen LogP contribution in [0.15, 0.2) is 36.7 Å². The number of halogens is 1. The lowest BCUT2D eigenvalue weighted by Gasteiger charge is -2.26. The second-order valence-corrected chi connectivity index (χ2v) is 12.0. The van der Waals surface area contributed by atoms with Gasteiger partial charge in [0.1, 0.15) is 24.6 Å². The van der Waals surface area contributed by atoms with E-state index in [1.54, 1.807) is 55.7 Å². The van der Waals surface area contributed by atoms with Crippen molar-refractivity contribution in [1.82, 2.24) is 24.6 Å². The molecule has 3 heterocycles. The van der Waals surface area contributed by atoms with E-state index in [4.69, 9.17) is 24.3 Å². The average Bonchev–Trinajstić information content (AvgIpc) is 3.46. The van der Waals surface area contributed by atoms with Crippen molar-refractivity contribution < 1.29 is 32.3 Å². The number of fused-ring (bicyclic) bond motifs is 1. The molecule has 0 aliphatic carbocycles. The Morgan fingerprint density at radius 1 is 1.29 bits per heavy atom. The fourth-order valence-corrected chi connectivity index (χ4v) is 5.91. The molecule has 0 spiro atoms. The van der Waals surface area contributed by atoms with Crippen molar-refractivity contribution in [3.05, 3.63) is 36.7 Å². The maximum Gasteiger partial charge on any atom is 0.459 e. The Morgan fingerprint density at radius 3 is 2.71 bits per heavy atom. The van der Waals surface area contributed by atoms with E-state index >= 15 is 4.39 Å². The van der Waals surface area contributed by atoms with Crippen molar-refractivity contribution >= 4 is 36.6 Å². The van der Waals surface area contributed by atoms with Gasteiger partial charge in [0, 0.05) is 18.9 Å². The summed E-state index contributed by atoms with van der Waals surface area (Å²) in [6, 6.07) is 7.15. The van der Waals surface area contributed by atoms with Gasteiger partial charge in [0.25, 0.3) is 0 Å². The van der Waals surface area contributed by atoms with Gasteiger partial charge in [-0.3, -0.25) is 13.9 Å². The molecule has 4 N–H and O–H groups in total. The second-order valence-electron chi connectivity index (χ2n) is 10.3. The molecule has 4 rings (SSSR count). The van der Waals surface area contributed by atoms with Crippen LogP contribution in [0.1, 0.15) is 53.7 Å². The number of hydrogen-bond acceptors (Lipinski definition) is 11. The number of carbonyl (C=O) groups excluding carboxylic acids is 1. The molecule has 41 heavy (non-hydrogen) atoms. The molecule has 13 nitrogen and oxygen atoms in total. The number of carbonyl (C=O) groups is 1. The van der Waals surface area contributed by atoms with Crippen molar-refractivity contribution in [3.63, 3.8) is 0 Å². The first-order valence-corrected chi connectivity index (χ1v) is 15.0. The maximum absolute atomic E-state index is 16.1. The third kappa shape index (κ3) is 7.50. The van der Waals surface area contributed by atoms with Crippen LogP contribution in [0.25, 0.3) is 11.2 Å². The summed E-state index contributed by atoms with van der Waals surface area (Å²) in [5.74, 6) is -2.65. The molecule has 2 aromatic heterocycles. The summed E-state index contributed by atoms with van der Waals surface area (Å²) in [5.41, 5.74) is 6.79. The predicted octanol–water partition coefficient (Wildman–Crippen LogP) is 4.58. The summed E-state index contributed by atoms with van der Waals surface area (Å²) in [5, 5.41) is 5.73. The summed E-state index contributed by atoms with van der Waals surface area (Å²) < 4.78 is 53.7. The van der Waals surface area contributed by atoms with Gasteiger partial charge in [-0.25, -0.2) is 13.9 Å². The first kappa shape index (κ1) is 30.6. The highest BCUT2D eigenvalue weighted by molar-refractivity contribution is 7.52. The van der Waals surface area contributed by atoms with E-state index in [2.05, 4.69) is 25.4 Å². The molecule has 0 radical (unpaired) electrons. The van der Waals surface area contributed by atoms with Gasteiger partial charge in [0.05, 0.1) is 12.4 Å². The Morgan fingerprint density at radius 2 is 2.02 bits per heavy atom. The van der Waals surface area contributed by atoms with Crippen LogP contribution in [-0.2, 0) is 23.4 Å². The highest BCUT2D eigenvalue weighted by Gasteiger charge is 2.49. The maximum atomic E-state index is 16.1. The largest absolute Gasteiger partial charge is 0.462 e. The highest BCUT2D eigenvalue weighted by Crippen LogP contribution is 2.49. The number of benzene rings is 1. The van der Waals surface area contributed by atoms with Gasteiger partial charge in [-0.2, -0.15) is 15.1 Å². The SMILES string of the molecule is CCCNc1nc(N)nc2c1ncn2[C@@H]1O[C@](F)(CO[P@](=O)(N[C@@H](C)C(=O)OC(C)C)Oc2ccccc2)C[C@@H]1C. The molecule has 1 aliphatic heterocycles.